The van der Waals surface area contributed by atoms with Crippen LogP contribution in [0, 0.1) is 6.92 Å². The summed E-state index contributed by atoms with van der Waals surface area (Å²) in [5.74, 6) is -0.963. The summed E-state index contributed by atoms with van der Waals surface area (Å²) in [5, 5.41) is 22.6. The molecule has 0 aromatic heterocycles. The molecule has 3 aromatic carbocycles. The molecule has 0 spiro atoms. The Morgan fingerprint density at radius 2 is 1.71 bits per heavy atom. The van der Waals surface area contributed by atoms with Crippen LogP contribution in [-0.2, 0) is 9.53 Å². The second kappa shape index (κ2) is 11.7. The summed E-state index contributed by atoms with van der Waals surface area (Å²) in [7, 11) is 0. The fourth-order valence-corrected chi connectivity index (χ4v) is 4.30. The maximum atomic E-state index is 12.8. The van der Waals surface area contributed by atoms with Gasteiger partial charge in [-0.1, -0.05) is 51.8 Å². The van der Waals surface area contributed by atoms with E-state index in [2.05, 4.69) is 37.2 Å². The predicted molar refractivity (Wildman–Crippen MR) is 135 cm³/mol. The van der Waals surface area contributed by atoms with Gasteiger partial charge in [-0.25, -0.2) is 9.59 Å². The van der Waals surface area contributed by atoms with Crippen LogP contribution < -0.4 is 10.1 Å². The average molecular weight is 591 g/mol. The monoisotopic (exact) mass is 589 g/mol. The predicted octanol–water partition coefficient (Wildman–Crippen LogP) is 6.60. The Morgan fingerprint density at radius 3 is 2.35 bits per heavy atom. The molecule has 2 atom stereocenters. The first-order chi connectivity index (χ1) is 16.2. The molecule has 7 nitrogen and oxygen atoms in total. The SMILES string of the molecule is Cc1ccc(NC(=O)O[C@@H](c2cc(Br)cc(Br)c2O)[C@H](/C=C/C(=O)O)Oc2ccccc2)cc1. The first-order valence-electron chi connectivity index (χ1n) is 10.1. The molecule has 0 heterocycles. The second-order valence-corrected chi connectivity index (χ2v) is 9.01. The van der Waals surface area contributed by atoms with Crippen LogP contribution >= 0.6 is 31.9 Å². The highest BCUT2D eigenvalue weighted by Gasteiger charge is 2.31. The molecule has 0 aliphatic rings. The van der Waals surface area contributed by atoms with Crippen LogP contribution in [0.2, 0.25) is 0 Å². The van der Waals surface area contributed by atoms with Crippen molar-refractivity contribution in [2.24, 2.45) is 0 Å². The van der Waals surface area contributed by atoms with Gasteiger partial charge in [-0.15, -0.1) is 0 Å². The summed E-state index contributed by atoms with van der Waals surface area (Å²) in [6.07, 6.45) is -0.960. The van der Waals surface area contributed by atoms with Crippen molar-refractivity contribution in [2.75, 3.05) is 5.32 Å². The summed E-state index contributed by atoms with van der Waals surface area (Å²) in [5.41, 5.74) is 1.74. The van der Waals surface area contributed by atoms with E-state index in [0.29, 0.717) is 20.4 Å². The fraction of sp³-hybridized carbons (Fsp3) is 0.120. The Labute approximate surface area is 213 Å². The van der Waals surface area contributed by atoms with Gasteiger partial charge in [0.25, 0.3) is 0 Å². The molecule has 0 bridgehead atoms. The van der Waals surface area contributed by atoms with E-state index in [1.165, 1.54) is 6.08 Å². The first kappa shape index (κ1) is 25.3. The van der Waals surface area contributed by atoms with E-state index in [-0.39, 0.29) is 11.3 Å². The third-order valence-electron chi connectivity index (χ3n) is 4.64. The van der Waals surface area contributed by atoms with Crippen molar-refractivity contribution in [3.63, 3.8) is 0 Å². The summed E-state index contributed by atoms with van der Waals surface area (Å²) >= 11 is 6.65. The maximum Gasteiger partial charge on any atom is 0.412 e. The first-order valence-corrected chi connectivity index (χ1v) is 11.7. The molecule has 0 aliphatic heterocycles. The largest absolute Gasteiger partial charge is 0.506 e. The number of nitrogens with one attached hydrogen (secondary N) is 1. The van der Waals surface area contributed by atoms with E-state index in [1.54, 1.807) is 54.6 Å². The van der Waals surface area contributed by atoms with E-state index in [1.807, 2.05) is 19.1 Å². The number of carbonyl (C=O) groups is 2. The number of carboxylic acid groups (broad SMARTS) is 1. The Balaban J connectivity index is 2.01. The normalized spacial score (nSPS) is 12.7. The number of para-hydroxylation sites is 1. The number of phenols is 1. The molecule has 34 heavy (non-hydrogen) atoms. The van der Waals surface area contributed by atoms with Gasteiger partial charge in [0.2, 0.25) is 0 Å². The summed E-state index contributed by atoms with van der Waals surface area (Å²) in [6, 6.07) is 19.0. The Bertz CT molecular complexity index is 1180. The Hall–Kier alpha value is -3.30. The van der Waals surface area contributed by atoms with Crippen LogP contribution in [0.3, 0.4) is 0 Å². The third-order valence-corrected chi connectivity index (χ3v) is 5.70. The van der Waals surface area contributed by atoms with Gasteiger partial charge in [0.15, 0.2) is 12.2 Å². The minimum absolute atomic E-state index is 0.179. The molecular formula is C25H21Br2NO6. The number of benzene rings is 3. The maximum absolute atomic E-state index is 12.8. The van der Waals surface area contributed by atoms with Crippen molar-refractivity contribution in [1.82, 2.24) is 0 Å². The fourth-order valence-electron chi connectivity index (χ4n) is 3.05. The molecule has 0 unspecified atom stereocenters. The van der Waals surface area contributed by atoms with Gasteiger partial charge in [-0.2, -0.15) is 0 Å². The minimum Gasteiger partial charge on any atom is -0.506 e. The van der Waals surface area contributed by atoms with Crippen LogP contribution in [0.25, 0.3) is 0 Å². The molecule has 0 saturated heterocycles. The molecule has 0 radical (unpaired) electrons. The number of ether oxygens (including phenoxy) is 2. The minimum atomic E-state index is -1.21. The van der Waals surface area contributed by atoms with E-state index in [9.17, 15) is 19.8 Å². The zero-order valence-electron chi connectivity index (χ0n) is 17.9. The van der Waals surface area contributed by atoms with Crippen molar-refractivity contribution in [3.8, 4) is 11.5 Å². The molecule has 3 rings (SSSR count). The van der Waals surface area contributed by atoms with E-state index in [0.717, 1.165) is 11.6 Å². The van der Waals surface area contributed by atoms with Crippen LogP contribution in [0.5, 0.6) is 11.5 Å². The van der Waals surface area contributed by atoms with Gasteiger partial charge in [-0.05, 0) is 65.3 Å². The van der Waals surface area contributed by atoms with Gasteiger partial charge in [0.1, 0.15) is 11.5 Å². The average Bonchev–Trinajstić information content (AvgIpc) is 2.80. The number of aromatic hydroxyl groups is 1. The number of anilines is 1. The standard InChI is InChI=1S/C25H21Br2NO6/c1-15-7-9-17(10-8-15)28-25(32)34-24(19-13-16(26)14-20(27)23(19)31)21(11-12-22(29)30)33-18-5-3-2-4-6-18/h2-14,21,24,31H,1H3,(H,28,32)(H,29,30)/b12-11+/t21-,24-/m0/s1. The number of rotatable bonds is 8. The summed E-state index contributed by atoms with van der Waals surface area (Å²) in [4.78, 5) is 24.1. The number of aliphatic carboxylic acids is 1. The summed E-state index contributed by atoms with van der Waals surface area (Å²) in [6.45, 7) is 1.92. The molecule has 0 aliphatic carbocycles. The lowest BCUT2D eigenvalue weighted by Gasteiger charge is -2.27. The number of phenolic OH excluding ortho intramolecular Hbond substituents is 1. The molecule has 0 fully saturated rings. The topological polar surface area (TPSA) is 105 Å². The highest BCUT2D eigenvalue weighted by atomic mass is 79.9. The number of aryl methyl sites for hydroxylation is 1. The van der Waals surface area contributed by atoms with Crippen molar-refractivity contribution < 1.29 is 29.3 Å². The van der Waals surface area contributed by atoms with Gasteiger partial charge in [-0.3, -0.25) is 5.32 Å². The molecular weight excluding hydrogens is 570 g/mol. The van der Waals surface area contributed by atoms with E-state index in [4.69, 9.17) is 9.47 Å². The molecule has 1 amide bonds. The lowest BCUT2D eigenvalue weighted by Crippen LogP contribution is -2.30. The molecule has 0 saturated carbocycles. The van der Waals surface area contributed by atoms with Crippen molar-refractivity contribution in [1.29, 1.82) is 0 Å². The number of amides is 1. The van der Waals surface area contributed by atoms with E-state index < -0.39 is 24.3 Å². The Morgan fingerprint density at radius 1 is 1.03 bits per heavy atom. The number of hydrogen-bond donors (Lipinski definition) is 3. The molecule has 3 N–H and O–H groups in total. The van der Waals surface area contributed by atoms with Crippen LogP contribution in [0.4, 0.5) is 10.5 Å². The quantitative estimate of drug-likeness (QED) is 0.255. The van der Waals surface area contributed by atoms with Gasteiger partial charge in [0.05, 0.1) is 4.47 Å². The third kappa shape index (κ3) is 7.10. The van der Waals surface area contributed by atoms with Crippen molar-refractivity contribution >= 4 is 49.6 Å². The van der Waals surface area contributed by atoms with Crippen molar-refractivity contribution in [2.45, 2.75) is 19.1 Å². The molecule has 9 heteroatoms. The van der Waals surface area contributed by atoms with Crippen LogP contribution in [-0.4, -0.2) is 28.4 Å². The van der Waals surface area contributed by atoms with Gasteiger partial charge < -0.3 is 19.7 Å². The number of halogens is 2. The molecule has 3 aromatic rings. The highest BCUT2D eigenvalue weighted by molar-refractivity contribution is 9.11. The molecule has 176 valence electrons. The highest BCUT2D eigenvalue weighted by Crippen LogP contribution is 2.39. The van der Waals surface area contributed by atoms with Crippen molar-refractivity contribution in [3.05, 3.63) is 99.0 Å². The van der Waals surface area contributed by atoms with Crippen LogP contribution in [0.1, 0.15) is 17.2 Å². The number of carbonyl (C=O) groups excluding carboxylic acids is 1. The van der Waals surface area contributed by atoms with Crippen LogP contribution in [0.15, 0.2) is 87.8 Å². The van der Waals surface area contributed by atoms with Gasteiger partial charge in [0, 0.05) is 21.8 Å². The number of carboxylic acids is 1. The lowest BCUT2D eigenvalue weighted by atomic mass is 10.0. The second-order valence-electron chi connectivity index (χ2n) is 7.24. The smallest absolute Gasteiger partial charge is 0.412 e. The summed E-state index contributed by atoms with van der Waals surface area (Å²) < 4.78 is 12.6. The van der Waals surface area contributed by atoms with E-state index >= 15 is 0 Å². The Kier molecular flexibility index (Phi) is 8.72. The zero-order chi connectivity index (χ0) is 24.7. The zero-order valence-corrected chi connectivity index (χ0v) is 21.1. The number of hydrogen-bond acceptors (Lipinski definition) is 5. The lowest BCUT2D eigenvalue weighted by molar-refractivity contribution is -0.131. The van der Waals surface area contributed by atoms with Gasteiger partial charge >= 0.3 is 12.1 Å².